The highest BCUT2D eigenvalue weighted by molar-refractivity contribution is 7.89. The summed E-state index contributed by atoms with van der Waals surface area (Å²) in [5, 5.41) is 0. The molecule has 0 saturated heterocycles. The first kappa shape index (κ1) is 18.2. The first-order chi connectivity index (χ1) is 10.1. The Morgan fingerprint density at radius 2 is 1.43 bits per heavy atom. The highest BCUT2D eigenvalue weighted by Gasteiger charge is 2.12. The zero-order valence-electron chi connectivity index (χ0n) is 13.4. The molecule has 1 aromatic rings. The van der Waals surface area contributed by atoms with E-state index >= 15 is 0 Å². The Labute approximate surface area is 130 Å². The smallest absolute Gasteiger partial charge is 0.211 e. The molecule has 0 saturated carbocycles. The van der Waals surface area contributed by atoms with E-state index in [0.29, 0.717) is 11.4 Å². The van der Waals surface area contributed by atoms with Gasteiger partial charge in [-0.2, -0.15) is 0 Å². The van der Waals surface area contributed by atoms with Gasteiger partial charge < -0.3 is 0 Å². The van der Waals surface area contributed by atoms with E-state index in [1.807, 2.05) is 12.1 Å². The Morgan fingerprint density at radius 3 is 2.00 bits per heavy atom. The molecule has 0 amide bonds. The van der Waals surface area contributed by atoms with E-state index in [4.69, 9.17) is 0 Å². The van der Waals surface area contributed by atoms with Crippen LogP contribution in [-0.4, -0.2) is 15.0 Å². The Hall–Kier alpha value is -0.870. The molecular formula is C17H29NO2S. The fraction of sp³-hybridized carbons (Fsp3) is 0.647. The van der Waals surface area contributed by atoms with Crippen LogP contribution >= 0.6 is 0 Å². The molecule has 1 aromatic carbocycles. The highest BCUT2D eigenvalue weighted by Crippen LogP contribution is 2.11. The number of sulfonamides is 1. The molecule has 0 aliphatic carbocycles. The molecule has 0 radical (unpaired) electrons. The minimum Gasteiger partial charge on any atom is -0.211 e. The zero-order valence-corrected chi connectivity index (χ0v) is 14.2. The standard InChI is InChI=1S/C17H29NO2S/c1-3-5-6-7-8-9-10-15-18-21(19,20)17-13-11-16(4-2)12-14-17/h11-14,18H,3-10,15H2,1-2H3. The van der Waals surface area contributed by atoms with Crippen molar-refractivity contribution in [3.05, 3.63) is 29.8 Å². The Kier molecular flexibility index (Phi) is 8.62. The van der Waals surface area contributed by atoms with Gasteiger partial charge in [0.05, 0.1) is 4.90 Å². The van der Waals surface area contributed by atoms with Crippen molar-refractivity contribution in [1.82, 2.24) is 4.72 Å². The molecule has 0 spiro atoms. The molecule has 4 heteroatoms. The van der Waals surface area contributed by atoms with Gasteiger partial charge in [-0.05, 0) is 30.5 Å². The van der Waals surface area contributed by atoms with Crippen molar-refractivity contribution < 1.29 is 8.42 Å². The fourth-order valence-electron chi connectivity index (χ4n) is 2.28. The molecule has 3 nitrogen and oxygen atoms in total. The maximum absolute atomic E-state index is 12.1. The normalized spacial score (nSPS) is 11.7. The van der Waals surface area contributed by atoms with Gasteiger partial charge in [0.1, 0.15) is 0 Å². The van der Waals surface area contributed by atoms with E-state index in [0.717, 1.165) is 24.8 Å². The van der Waals surface area contributed by atoms with Crippen LogP contribution in [0.3, 0.4) is 0 Å². The predicted octanol–water partition coefficient (Wildman–Crippen LogP) is 4.28. The van der Waals surface area contributed by atoms with Gasteiger partial charge in [0, 0.05) is 6.54 Å². The van der Waals surface area contributed by atoms with Crippen molar-refractivity contribution in [2.24, 2.45) is 0 Å². The van der Waals surface area contributed by atoms with Gasteiger partial charge in [-0.15, -0.1) is 0 Å². The van der Waals surface area contributed by atoms with Crippen LogP contribution in [-0.2, 0) is 16.4 Å². The molecule has 1 rings (SSSR count). The van der Waals surface area contributed by atoms with Crippen LogP contribution in [0.1, 0.15) is 64.4 Å². The summed E-state index contributed by atoms with van der Waals surface area (Å²) < 4.78 is 26.9. The average molecular weight is 311 g/mol. The lowest BCUT2D eigenvalue weighted by molar-refractivity contribution is 0.563. The quantitative estimate of drug-likeness (QED) is 0.620. The zero-order chi connectivity index (χ0) is 15.6. The van der Waals surface area contributed by atoms with Crippen molar-refractivity contribution in [3.63, 3.8) is 0 Å². The molecular weight excluding hydrogens is 282 g/mol. The monoisotopic (exact) mass is 311 g/mol. The molecule has 0 unspecified atom stereocenters. The minimum atomic E-state index is -3.34. The summed E-state index contributed by atoms with van der Waals surface area (Å²) in [7, 11) is -3.34. The summed E-state index contributed by atoms with van der Waals surface area (Å²) in [5.41, 5.74) is 1.15. The second kappa shape index (κ2) is 9.96. The highest BCUT2D eigenvalue weighted by atomic mass is 32.2. The largest absolute Gasteiger partial charge is 0.240 e. The maximum atomic E-state index is 12.1. The molecule has 1 N–H and O–H groups in total. The number of hydrogen-bond donors (Lipinski definition) is 1. The summed E-state index contributed by atoms with van der Waals surface area (Å²) in [6, 6.07) is 7.13. The van der Waals surface area contributed by atoms with E-state index in [1.54, 1.807) is 12.1 Å². The van der Waals surface area contributed by atoms with Crippen molar-refractivity contribution in [1.29, 1.82) is 0 Å². The molecule has 0 fully saturated rings. The van der Waals surface area contributed by atoms with Gasteiger partial charge >= 0.3 is 0 Å². The molecule has 21 heavy (non-hydrogen) atoms. The molecule has 0 aliphatic rings. The summed E-state index contributed by atoms with van der Waals surface area (Å²) in [5.74, 6) is 0. The summed E-state index contributed by atoms with van der Waals surface area (Å²) in [6.45, 7) is 4.80. The SMILES string of the molecule is CCCCCCCCCNS(=O)(=O)c1ccc(CC)cc1. The first-order valence-electron chi connectivity index (χ1n) is 8.18. The Bertz CT molecular complexity index is 480. The van der Waals surface area contributed by atoms with E-state index < -0.39 is 10.0 Å². The predicted molar refractivity (Wildman–Crippen MR) is 89.0 cm³/mol. The number of aryl methyl sites for hydroxylation is 1. The number of unbranched alkanes of at least 4 members (excludes halogenated alkanes) is 6. The molecule has 120 valence electrons. The molecule has 0 aliphatic heterocycles. The van der Waals surface area contributed by atoms with E-state index in [2.05, 4.69) is 18.6 Å². The van der Waals surface area contributed by atoms with Gasteiger partial charge in [-0.25, -0.2) is 13.1 Å². The number of benzene rings is 1. The van der Waals surface area contributed by atoms with Gasteiger partial charge in [-0.1, -0.05) is 64.5 Å². The lowest BCUT2D eigenvalue weighted by Gasteiger charge is -2.07. The van der Waals surface area contributed by atoms with Crippen LogP contribution in [0.15, 0.2) is 29.2 Å². The van der Waals surface area contributed by atoms with Crippen LogP contribution < -0.4 is 4.72 Å². The van der Waals surface area contributed by atoms with Gasteiger partial charge in [0.15, 0.2) is 0 Å². The van der Waals surface area contributed by atoms with Gasteiger partial charge in [0.25, 0.3) is 0 Å². The van der Waals surface area contributed by atoms with Crippen LogP contribution in [0, 0.1) is 0 Å². The van der Waals surface area contributed by atoms with Crippen LogP contribution in [0.25, 0.3) is 0 Å². The van der Waals surface area contributed by atoms with Crippen LogP contribution in [0.5, 0.6) is 0 Å². The van der Waals surface area contributed by atoms with Crippen molar-refractivity contribution in [3.8, 4) is 0 Å². The van der Waals surface area contributed by atoms with E-state index in [-0.39, 0.29) is 0 Å². The fourth-order valence-corrected chi connectivity index (χ4v) is 3.35. The lowest BCUT2D eigenvalue weighted by Crippen LogP contribution is -2.24. The molecule has 0 aromatic heterocycles. The summed E-state index contributed by atoms with van der Waals surface area (Å²) in [6.07, 6.45) is 9.26. The van der Waals surface area contributed by atoms with Gasteiger partial charge in [-0.3, -0.25) is 0 Å². The third kappa shape index (κ3) is 7.09. The van der Waals surface area contributed by atoms with Crippen LogP contribution in [0.4, 0.5) is 0 Å². The van der Waals surface area contributed by atoms with Crippen molar-refractivity contribution >= 4 is 10.0 Å². The number of nitrogens with one attached hydrogen (secondary N) is 1. The van der Waals surface area contributed by atoms with Gasteiger partial charge in [0.2, 0.25) is 10.0 Å². The van der Waals surface area contributed by atoms with E-state index in [9.17, 15) is 8.42 Å². The van der Waals surface area contributed by atoms with Crippen molar-refractivity contribution in [2.45, 2.75) is 70.1 Å². The maximum Gasteiger partial charge on any atom is 0.240 e. The number of hydrogen-bond acceptors (Lipinski definition) is 2. The first-order valence-corrected chi connectivity index (χ1v) is 9.67. The second-order valence-electron chi connectivity index (χ2n) is 5.52. The average Bonchev–Trinajstić information content (AvgIpc) is 2.50. The summed E-state index contributed by atoms with van der Waals surface area (Å²) in [4.78, 5) is 0.364. The Balaban J connectivity index is 2.26. The van der Waals surface area contributed by atoms with Crippen molar-refractivity contribution in [2.75, 3.05) is 6.54 Å². The summed E-state index contributed by atoms with van der Waals surface area (Å²) >= 11 is 0. The number of rotatable bonds is 11. The minimum absolute atomic E-state index is 0.364. The second-order valence-corrected chi connectivity index (χ2v) is 7.28. The molecule has 0 atom stereocenters. The van der Waals surface area contributed by atoms with Crippen LogP contribution in [0.2, 0.25) is 0 Å². The Morgan fingerprint density at radius 1 is 0.857 bits per heavy atom. The third-order valence-corrected chi connectivity index (χ3v) is 5.19. The molecule has 0 heterocycles. The lowest BCUT2D eigenvalue weighted by atomic mass is 10.1. The third-order valence-electron chi connectivity index (χ3n) is 3.71. The topological polar surface area (TPSA) is 46.2 Å². The molecule has 0 bridgehead atoms. The van der Waals surface area contributed by atoms with E-state index in [1.165, 1.54) is 32.1 Å².